The summed E-state index contributed by atoms with van der Waals surface area (Å²) in [6, 6.07) is 15.5. The molecule has 1 fully saturated rings. The molecule has 2 heterocycles. The van der Waals surface area contributed by atoms with Crippen LogP contribution in [0, 0.1) is 0 Å². The minimum absolute atomic E-state index is 0. The van der Waals surface area contributed by atoms with Crippen molar-refractivity contribution in [2.24, 2.45) is 0 Å². The van der Waals surface area contributed by atoms with Crippen LogP contribution in [0.3, 0.4) is 0 Å². The molecule has 2 aromatic carbocycles. The molecule has 3 unspecified atom stereocenters. The number of likely N-dealkylation sites (tertiary alicyclic amines) is 1. The lowest BCUT2D eigenvalue weighted by Gasteiger charge is -2.50. The zero-order chi connectivity index (χ0) is 22.1. The third-order valence-electron chi connectivity index (χ3n) is 6.58. The van der Waals surface area contributed by atoms with Crippen LogP contribution >= 0.6 is 24.8 Å². The zero-order valence-corrected chi connectivity index (χ0v) is 20.4. The van der Waals surface area contributed by atoms with Gasteiger partial charge < -0.3 is 9.47 Å². The van der Waals surface area contributed by atoms with E-state index in [4.69, 9.17) is 9.47 Å². The first kappa shape index (κ1) is 27.9. The van der Waals surface area contributed by atoms with Crippen molar-refractivity contribution in [2.45, 2.75) is 56.4 Å². The second kappa shape index (κ2) is 11.4. The first-order valence-electron chi connectivity index (χ1n) is 10.7. The predicted octanol–water partition coefficient (Wildman–Crippen LogP) is 5.74. The van der Waals surface area contributed by atoms with Gasteiger partial charge in [-0.05, 0) is 55.0 Å². The van der Waals surface area contributed by atoms with Gasteiger partial charge in [0.05, 0.1) is 12.3 Å². The van der Waals surface area contributed by atoms with Gasteiger partial charge in [0, 0.05) is 13.7 Å². The van der Waals surface area contributed by atoms with Crippen LogP contribution < -0.4 is 5.32 Å². The second-order valence-corrected chi connectivity index (χ2v) is 8.35. The van der Waals surface area contributed by atoms with E-state index in [-0.39, 0.29) is 43.2 Å². The minimum atomic E-state index is -4.41. The molecule has 9 heteroatoms. The fourth-order valence-electron chi connectivity index (χ4n) is 4.92. The van der Waals surface area contributed by atoms with Crippen molar-refractivity contribution in [1.82, 2.24) is 10.2 Å². The van der Waals surface area contributed by atoms with Gasteiger partial charge in [-0.2, -0.15) is 13.2 Å². The molecule has 0 amide bonds. The first-order valence-corrected chi connectivity index (χ1v) is 10.7. The fourth-order valence-corrected chi connectivity index (χ4v) is 4.92. The molecule has 1 saturated heterocycles. The SMILES string of the molecule is COC1CCCC(NCc2ccc3c(c2)C(C(F)(F)F)OCC3)(c2ccccc2)N1C.Cl.Cl. The summed E-state index contributed by atoms with van der Waals surface area (Å²) < 4.78 is 51.2. The number of fused-ring (bicyclic) bond motifs is 1. The molecule has 3 atom stereocenters. The van der Waals surface area contributed by atoms with Crippen molar-refractivity contribution in [2.75, 3.05) is 20.8 Å². The van der Waals surface area contributed by atoms with Crippen LogP contribution in [0.15, 0.2) is 48.5 Å². The van der Waals surface area contributed by atoms with Crippen molar-refractivity contribution < 1.29 is 22.6 Å². The second-order valence-electron chi connectivity index (χ2n) is 8.35. The van der Waals surface area contributed by atoms with Crippen LogP contribution in [0.1, 0.15) is 47.6 Å². The van der Waals surface area contributed by atoms with E-state index in [1.807, 2.05) is 37.4 Å². The Hall–Kier alpha value is -1.35. The number of nitrogens with one attached hydrogen (secondary N) is 1. The Kier molecular flexibility index (Phi) is 9.62. The molecule has 33 heavy (non-hydrogen) atoms. The summed E-state index contributed by atoms with van der Waals surface area (Å²) in [4.78, 5) is 2.20. The van der Waals surface area contributed by atoms with E-state index in [1.165, 1.54) is 0 Å². The summed E-state index contributed by atoms with van der Waals surface area (Å²) in [7, 11) is 3.75. The molecule has 0 spiro atoms. The lowest BCUT2D eigenvalue weighted by molar-refractivity contribution is -0.227. The van der Waals surface area contributed by atoms with E-state index in [0.717, 1.165) is 30.4 Å². The number of halogens is 5. The highest BCUT2D eigenvalue weighted by Crippen LogP contribution is 2.41. The smallest absolute Gasteiger partial charge is 0.366 e. The van der Waals surface area contributed by atoms with E-state index in [9.17, 15) is 13.2 Å². The van der Waals surface area contributed by atoms with Crippen LogP contribution in [-0.2, 0) is 28.1 Å². The Morgan fingerprint density at radius 1 is 1.15 bits per heavy atom. The number of methoxy groups -OCH3 is 1. The van der Waals surface area contributed by atoms with E-state index in [2.05, 4.69) is 22.3 Å². The van der Waals surface area contributed by atoms with Crippen molar-refractivity contribution in [3.8, 4) is 0 Å². The summed E-state index contributed by atoms with van der Waals surface area (Å²) in [6.45, 7) is 0.530. The third kappa shape index (κ3) is 5.66. The average Bonchev–Trinajstić information content (AvgIpc) is 2.78. The quantitative estimate of drug-likeness (QED) is 0.560. The molecule has 0 bridgehead atoms. The Bertz CT molecular complexity index is 901. The van der Waals surface area contributed by atoms with Crippen molar-refractivity contribution >= 4 is 24.8 Å². The minimum Gasteiger partial charge on any atom is -0.366 e. The summed E-state index contributed by atoms with van der Waals surface area (Å²) >= 11 is 0. The molecule has 2 aliphatic rings. The van der Waals surface area contributed by atoms with Gasteiger partial charge in [-0.25, -0.2) is 0 Å². The summed E-state index contributed by atoms with van der Waals surface area (Å²) in [5.74, 6) is 0. The Labute approximate surface area is 205 Å². The molecular weight excluding hydrogens is 476 g/mol. The molecule has 2 aliphatic heterocycles. The van der Waals surface area contributed by atoms with Gasteiger partial charge in [-0.3, -0.25) is 10.2 Å². The predicted molar refractivity (Wildman–Crippen MR) is 127 cm³/mol. The maximum Gasteiger partial charge on any atom is 0.418 e. The molecule has 1 N–H and O–H groups in total. The third-order valence-corrected chi connectivity index (χ3v) is 6.58. The average molecular weight is 507 g/mol. The molecular formula is C24H31Cl2F3N2O2. The Morgan fingerprint density at radius 3 is 2.55 bits per heavy atom. The maximum atomic E-state index is 13.5. The highest BCUT2D eigenvalue weighted by atomic mass is 35.5. The highest BCUT2D eigenvalue weighted by Gasteiger charge is 2.45. The summed E-state index contributed by atoms with van der Waals surface area (Å²) in [5, 5.41) is 3.67. The molecule has 0 radical (unpaired) electrons. The topological polar surface area (TPSA) is 33.7 Å². The molecule has 0 aliphatic carbocycles. The van der Waals surface area contributed by atoms with E-state index < -0.39 is 17.9 Å². The number of ether oxygens (including phenoxy) is 2. The van der Waals surface area contributed by atoms with Crippen LogP contribution in [0.4, 0.5) is 13.2 Å². The molecule has 2 aromatic rings. The number of alkyl halides is 3. The zero-order valence-electron chi connectivity index (χ0n) is 18.7. The number of benzene rings is 2. The molecule has 4 rings (SSSR count). The molecule has 0 saturated carbocycles. The standard InChI is InChI=1S/C24H29F3N2O2.2ClH/c1-29-21(30-2)9-6-13-23(29,19-7-4-3-5-8-19)28-16-17-10-11-18-12-14-31-22(20(18)15-17)24(25,26)27;;/h3-5,7-8,10-11,15,21-22,28H,6,9,12-14,16H2,1-2H3;2*1H. The van der Waals surface area contributed by atoms with Crippen LogP contribution in [0.2, 0.25) is 0 Å². The number of hydrogen-bond acceptors (Lipinski definition) is 4. The van der Waals surface area contributed by atoms with Gasteiger partial charge in [0.2, 0.25) is 0 Å². The van der Waals surface area contributed by atoms with Crippen molar-refractivity contribution in [3.05, 3.63) is 70.8 Å². The molecule has 4 nitrogen and oxygen atoms in total. The van der Waals surface area contributed by atoms with Crippen molar-refractivity contribution in [1.29, 1.82) is 0 Å². The lowest BCUT2D eigenvalue weighted by Crippen LogP contribution is -2.60. The number of hydrogen-bond donors (Lipinski definition) is 1. The summed E-state index contributed by atoms with van der Waals surface area (Å²) in [6.07, 6.45) is -3.00. The van der Waals surface area contributed by atoms with Crippen LogP contribution in [-0.4, -0.2) is 38.1 Å². The normalized spacial score (nSPS) is 25.5. The lowest BCUT2D eigenvalue weighted by atomic mass is 9.87. The Balaban J connectivity index is 0.00000193. The summed E-state index contributed by atoms with van der Waals surface area (Å²) in [5.41, 5.74) is 2.41. The first-order chi connectivity index (χ1) is 14.8. The fraction of sp³-hybridized carbons (Fsp3) is 0.500. The monoisotopic (exact) mass is 506 g/mol. The van der Waals surface area contributed by atoms with E-state index >= 15 is 0 Å². The van der Waals surface area contributed by atoms with Crippen LogP contribution in [0.25, 0.3) is 0 Å². The number of nitrogens with zero attached hydrogens (tertiary/aromatic N) is 1. The van der Waals surface area contributed by atoms with Crippen molar-refractivity contribution in [3.63, 3.8) is 0 Å². The largest absolute Gasteiger partial charge is 0.418 e. The van der Waals surface area contributed by atoms with Crippen LogP contribution in [0.5, 0.6) is 0 Å². The van der Waals surface area contributed by atoms with Gasteiger partial charge in [-0.15, -0.1) is 24.8 Å². The van der Waals surface area contributed by atoms with Gasteiger partial charge in [0.25, 0.3) is 0 Å². The molecule has 0 aromatic heterocycles. The van der Waals surface area contributed by atoms with Gasteiger partial charge >= 0.3 is 6.18 Å². The van der Waals surface area contributed by atoms with E-state index in [1.54, 1.807) is 13.2 Å². The molecule has 184 valence electrons. The number of piperidine rings is 1. The van der Waals surface area contributed by atoms with Gasteiger partial charge in [0.1, 0.15) is 6.23 Å². The van der Waals surface area contributed by atoms with Gasteiger partial charge in [-0.1, -0.05) is 48.5 Å². The highest BCUT2D eigenvalue weighted by molar-refractivity contribution is 5.85. The van der Waals surface area contributed by atoms with Gasteiger partial charge in [0.15, 0.2) is 6.10 Å². The van der Waals surface area contributed by atoms with E-state index in [0.29, 0.717) is 18.5 Å². The Morgan fingerprint density at radius 2 is 1.88 bits per heavy atom. The number of rotatable bonds is 5. The maximum absolute atomic E-state index is 13.5.